The Morgan fingerprint density at radius 2 is 2.00 bits per heavy atom. The minimum absolute atomic E-state index is 0.407. The lowest BCUT2D eigenvalue weighted by Gasteiger charge is -2.20. The third-order valence-electron chi connectivity index (χ3n) is 3.07. The average Bonchev–Trinajstić information content (AvgIpc) is 2.33. The smallest absolute Gasteiger partial charge is 0.141 e. The number of nitrogens with two attached hydrogens (primary N) is 1. The maximum absolute atomic E-state index is 6.18. The summed E-state index contributed by atoms with van der Waals surface area (Å²) in [5.41, 5.74) is 6.70. The summed E-state index contributed by atoms with van der Waals surface area (Å²) in [7, 11) is 1.64. The van der Waals surface area contributed by atoms with Crippen LogP contribution in [0, 0.1) is 0 Å². The molecule has 0 spiro atoms. The lowest BCUT2D eigenvalue weighted by molar-refractivity contribution is 0.400. The number of ether oxygens (including phenoxy) is 1. The molecule has 0 saturated carbocycles. The highest BCUT2D eigenvalue weighted by atomic mass is 35.5. The monoisotopic (exact) mass is 289 g/mol. The molecule has 0 radical (unpaired) electrons. The Hall–Kier alpha value is -0.440. The highest BCUT2D eigenvalue weighted by molar-refractivity contribution is 6.35. The molecule has 1 aromatic rings. The minimum atomic E-state index is 0.407. The van der Waals surface area contributed by atoms with Crippen LogP contribution >= 0.6 is 23.2 Å². The molecular formula is C14H21Cl2NO. The highest BCUT2D eigenvalue weighted by Crippen LogP contribution is 2.39. The van der Waals surface area contributed by atoms with Crippen molar-refractivity contribution in [1.82, 2.24) is 0 Å². The molecule has 2 nitrogen and oxygen atoms in total. The predicted molar refractivity (Wildman–Crippen MR) is 79.0 cm³/mol. The molecule has 0 aliphatic carbocycles. The number of hydrogen-bond acceptors (Lipinski definition) is 2. The van der Waals surface area contributed by atoms with Gasteiger partial charge in [-0.2, -0.15) is 0 Å². The number of rotatable bonds is 7. The summed E-state index contributed by atoms with van der Waals surface area (Å²) in [6.45, 7) is 2.88. The maximum atomic E-state index is 6.18. The quantitative estimate of drug-likeness (QED) is 0.795. The van der Waals surface area contributed by atoms with Gasteiger partial charge in [-0.25, -0.2) is 0 Å². The SMILES string of the molecule is CCCC(CCCN)c1cc(Cl)cc(Cl)c1OC. The van der Waals surface area contributed by atoms with Gasteiger partial charge in [0, 0.05) is 10.6 Å². The Bertz CT molecular complexity index is 382. The van der Waals surface area contributed by atoms with E-state index in [9.17, 15) is 0 Å². The summed E-state index contributed by atoms with van der Waals surface area (Å²) in [5, 5.41) is 1.23. The molecule has 102 valence electrons. The Labute approximate surface area is 119 Å². The first-order valence-electron chi connectivity index (χ1n) is 6.37. The van der Waals surface area contributed by atoms with E-state index in [0.717, 1.165) is 37.0 Å². The fraction of sp³-hybridized carbons (Fsp3) is 0.571. The Kier molecular flexibility index (Phi) is 6.83. The average molecular weight is 290 g/mol. The van der Waals surface area contributed by atoms with Crippen molar-refractivity contribution in [3.05, 3.63) is 27.7 Å². The van der Waals surface area contributed by atoms with Gasteiger partial charge in [0.25, 0.3) is 0 Å². The van der Waals surface area contributed by atoms with Crippen LogP contribution in [0.4, 0.5) is 0 Å². The summed E-state index contributed by atoms with van der Waals surface area (Å²) in [6.07, 6.45) is 4.24. The molecule has 18 heavy (non-hydrogen) atoms. The molecule has 1 unspecified atom stereocenters. The molecule has 0 saturated heterocycles. The van der Waals surface area contributed by atoms with Gasteiger partial charge >= 0.3 is 0 Å². The zero-order valence-corrected chi connectivity index (χ0v) is 12.5. The molecule has 1 aromatic carbocycles. The second-order valence-electron chi connectivity index (χ2n) is 4.43. The van der Waals surface area contributed by atoms with Crippen LogP contribution in [0.5, 0.6) is 5.75 Å². The second-order valence-corrected chi connectivity index (χ2v) is 5.27. The zero-order chi connectivity index (χ0) is 13.5. The number of halogens is 2. The van der Waals surface area contributed by atoms with E-state index < -0.39 is 0 Å². The lowest BCUT2D eigenvalue weighted by atomic mass is 9.89. The number of methoxy groups -OCH3 is 1. The van der Waals surface area contributed by atoms with Gasteiger partial charge < -0.3 is 10.5 Å². The van der Waals surface area contributed by atoms with Crippen LogP contribution in [0.3, 0.4) is 0 Å². The Balaban J connectivity index is 3.08. The van der Waals surface area contributed by atoms with Gasteiger partial charge in [-0.05, 0) is 43.9 Å². The van der Waals surface area contributed by atoms with E-state index in [4.69, 9.17) is 33.7 Å². The summed E-state index contributed by atoms with van der Waals surface area (Å²) in [4.78, 5) is 0. The first kappa shape index (κ1) is 15.6. The molecule has 0 amide bonds. The van der Waals surface area contributed by atoms with Crippen LogP contribution in [-0.4, -0.2) is 13.7 Å². The van der Waals surface area contributed by atoms with Crippen LogP contribution in [-0.2, 0) is 0 Å². The van der Waals surface area contributed by atoms with Gasteiger partial charge in [0.2, 0.25) is 0 Å². The molecule has 1 rings (SSSR count). The standard InChI is InChI=1S/C14H21Cl2NO/c1-3-5-10(6-4-7-17)12-8-11(15)9-13(16)14(12)18-2/h8-10H,3-7,17H2,1-2H3. The van der Waals surface area contributed by atoms with Crippen molar-refractivity contribution < 1.29 is 4.74 Å². The molecule has 0 fully saturated rings. The van der Waals surface area contributed by atoms with Crippen molar-refractivity contribution in [2.24, 2.45) is 5.73 Å². The van der Waals surface area contributed by atoms with E-state index in [-0.39, 0.29) is 0 Å². The third kappa shape index (κ3) is 4.04. The van der Waals surface area contributed by atoms with Gasteiger partial charge in [-0.15, -0.1) is 0 Å². The normalized spacial score (nSPS) is 12.5. The molecule has 0 aromatic heterocycles. The fourth-order valence-corrected chi connectivity index (χ4v) is 2.85. The van der Waals surface area contributed by atoms with E-state index in [1.165, 1.54) is 0 Å². The van der Waals surface area contributed by atoms with Crippen LogP contribution in [0.1, 0.15) is 44.1 Å². The highest BCUT2D eigenvalue weighted by Gasteiger charge is 2.18. The Morgan fingerprint density at radius 1 is 1.28 bits per heavy atom. The Morgan fingerprint density at radius 3 is 2.56 bits per heavy atom. The summed E-state index contributed by atoms with van der Waals surface area (Å²) in [5.74, 6) is 1.15. The summed E-state index contributed by atoms with van der Waals surface area (Å²) < 4.78 is 5.42. The topological polar surface area (TPSA) is 35.2 Å². The molecule has 4 heteroatoms. The first-order valence-corrected chi connectivity index (χ1v) is 7.12. The number of benzene rings is 1. The van der Waals surface area contributed by atoms with Crippen molar-refractivity contribution in [1.29, 1.82) is 0 Å². The molecule has 1 atom stereocenters. The largest absolute Gasteiger partial charge is 0.495 e. The minimum Gasteiger partial charge on any atom is -0.495 e. The van der Waals surface area contributed by atoms with E-state index in [1.807, 2.05) is 6.07 Å². The second kappa shape index (κ2) is 7.88. The maximum Gasteiger partial charge on any atom is 0.141 e. The van der Waals surface area contributed by atoms with Gasteiger partial charge in [0.1, 0.15) is 5.75 Å². The van der Waals surface area contributed by atoms with Gasteiger partial charge in [0.15, 0.2) is 0 Å². The van der Waals surface area contributed by atoms with Crippen molar-refractivity contribution in [3.8, 4) is 5.75 Å². The van der Waals surface area contributed by atoms with E-state index in [1.54, 1.807) is 13.2 Å². The van der Waals surface area contributed by atoms with Crippen molar-refractivity contribution in [2.75, 3.05) is 13.7 Å². The van der Waals surface area contributed by atoms with Crippen LogP contribution in [0.15, 0.2) is 12.1 Å². The van der Waals surface area contributed by atoms with Crippen LogP contribution in [0.25, 0.3) is 0 Å². The summed E-state index contributed by atoms with van der Waals surface area (Å²) >= 11 is 12.3. The van der Waals surface area contributed by atoms with Crippen LogP contribution < -0.4 is 10.5 Å². The van der Waals surface area contributed by atoms with Gasteiger partial charge in [-0.3, -0.25) is 0 Å². The van der Waals surface area contributed by atoms with Crippen molar-refractivity contribution in [2.45, 2.75) is 38.5 Å². The van der Waals surface area contributed by atoms with Gasteiger partial charge in [-0.1, -0.05) is 36.5 Å². The molecule has 0 bridgehead atoms. The van der Waals surface area contributed by atoms with Crippen molar-refractivity contribution in [3.63, 3.8) is 0 Å². The summed E-state index contributed by atoms with van der Waals surface area (Å²) in [6, 6.07) is 3.68. The van der Waals surface area contributed by atoms with E-state index in [0.29, 0.717) is 22.5 Å². The van der Waals surface area contributed by atoms with Gasteiger partial charge in [0.05, 0.1) is 12.1 Å². The molecule has 0 aliphatic rings. The number of hydrogen-bond donors (Lipinski definition) is 1. The zero-order valence-electron chi connectivity index (χ0n) is 11.0. The van der Waals surface area contributed by atoms with E-state index in [2.05, 4.69) is 6.92 Å². The molecule has 2 N–H and O–H groups in total. The van der Waals surface area contributed by atoms with E-state index >= 15 is 0 Å². The van der Waals surface area contributed by atoms with Crippen molar-refractivity contribution >= 4 is 23.2 Å². The first-order chi connectivity index (χ1) is 8.63. The predicted octanol–water partition coefficient (Wildman–Crippen LogP) is 4.62. The van der Waals surface area contributed by atoms with Crippen LogP contribution in [0.2, 0.25) is 10.0 Å². The fourth-order valence-electron chi connectivity index (χ4n) is 2.27. The third-order valence-corrected chi connectivity index (χ3v) is 3.57. The molecular weight excluding hydrogens is 269 g/mol. The molecule has 0 heterocycles. The lowest BCUT2D eigenvalue weighted by Crippen LogP contribution is -2.06. The molecule has 0 aliphatic heterocycles.